The van der Waals surface area contributed by atoms with Crippen molar-refractivity contribution in [3.63, 3.8) is 0 Å². The highest BCUT2D eigenvalue weighted by molar-refractivity contribution is 7.13. The second kappa shape index (κ2) is 9.81. The van der Waals surface area contributed by atoms with E-state index in [9.17, 15) is 14.4 Å². The summed E-state index contributed by atoms with van der Waals surface area (Å²) in [6.07, 6.45) is 4.18. The van der Waals surface area contributed by atoms with Gasteiger partial charge in [0, 0.05) is 30.1 Å². The predicted octanol–water partition coefficient (Wildman–Crippen LogP) is 3.50. The van der Waals surface area contributed by atoms with E-state index in [1.165, 1.54) is 11.3 Å². The van der Waals surface area contributed by atoms with E-state index in [0.717, 1.165) is 44.3 Å². The number of rotatable bonds is 7. The van der Waals surface area contributed by atoms with Crippen LogP contribution in [0.5, 0.6) is 0 Å². The summed E-state index contributed by atoms with van der Waals surface area (Å²) < 4.78 is 0. The van der Waals surface area contributed by atoms with Crippen LogP contribution in [0.15, 0.2) is 29.6 Å². The van der Waals surface area contributed by atoms with E-state index in [2.05, 4.69) is 17.2 Å². The molecular weight excluding hydrogens is 424 g/mol. The minimum atomic E-state index is -0.268. The third kappa shape index (κ3) is 5.54. The Balaban J connectivity index is 1.33. The topological polar surface area (TPSA) is 82.6 Å². The number of thiazole rings is 1. The molecule has 1 aromatic carbocycles. The van der Waals surface area contributed by atoms with Gasteiger partial charge < -0.3 is 15.1 Å². The summed E-state index contributed by atoms with van der Waals surface area (Å²) in [4.78, 5) is 46.2. The summed E-state index contributed by atoms with van der Waals surface area (Å²) in [7, 11) is 0. The summed E-state index contributed by atoms with van der Waals surface area (Å²) >= 11 is 1.31. The summed E-state index contributed by atoms with van der Waals surface area (Å²) in [6.45, 7) is 5.73. The molecule has 2 fully saturated rings. The van der Waals surface area contributed by atoms with Crippen molar-refractivity contribution >= 4 is 34.2 Å². The average molecular weight is 455 g/mol. The van der Waals surface area contributed by atoms with Gasteiger partial charge in [-0.25, -0.2) is 4.98 Å². The molecule has 0 unspecified atom stereocenters. The molecule has 0 bridgehead atoms. The van der Waals surface area contributed by atoms with Crippen LogP contribution in [0, 0.1) is 12.8 Å². The highest BCUT2D eigenvalue weighted by Crippen LogP contribution is 2.29. The quantitative estimate of drug-likeness (QED) is 0.694. The van der Waals surface area contributed by atoms with Gasteiger partial charge in [-0.2, -0.15) is 0 Å². The number of amides is 3. The lowest BCUT2D eigenvalue weighted by molar-refractivity contribution is -0.131. The third-order valence-corrected chi connectivity index (χ3v) is 7.01. The number of aryl methyl sites for hydroxylation is 1. The molecule has 32 heavy (non-hydrogen) atoms. The molecule has 7 nitrogen and oxygen atoms in total. The standard InChI is InChI=1S/C24H30N4O3S/c1-16-9-11-27(12-10-16)22(30)13-18-15-32-24(25-18)26-21(29)14-28(19-7-8-19)23(31)20-6-4-3-5-17(20)2/h3-6,15-16,19H,7-14H2,1-2H3,(H,25,26,29). The van der Waals surface area contributed by atoms with Crippen molar-refractivity contribution in [2.24, 2.45) is 5.92 Å². The van der Waals surface area contributed by atoms with Crippen LogP contribution in [0.1, 0.15) is 54.2 Å². The molecule has 170 valence electrons. The SMILES string of the molecule is Cc1ccccc1C(=O)N(CC(=O)Nc1nc(CC(=O)N2CCC(C)CC2)cs1)C1CC1. The molecule has 0 spiro atoms. The van der Waals surface area contributed by atoms with E-state index in [1.54, 1.807) is 11.0 Å². The number of anilines is 1. The molecule has 1 aliphatic carbocycles. The fourth-order valence-electron chi connectivity index (χ4n) is 4.00. The average Bonchev–Trinajstić information content (AvgIpc) is 3.53. The van der Waals surface area contributed by atoms with Crippen molar-refractivity contribution in [3.05, 3.63) is 46.5 Å². The zero-order valence-electron chi connectivity index (χ0n) is 18.7. The Morgan fingerprint density at radius 2 is 1.88 bits per heavy atom. The number of hydrogen-bond acceptors (Lipinski definition) is 5. The fourth-order valence-corrected chi connectivity index (χ4v) is 4.73. The summed E-state index contributed by atoms with van der Waals surface area (Å²) in [6, 6.07) is 7.56. The Kier molecular flexibility index (Phi) is 6.89. The molecule has 8 heteroatoms. The van der Waals surface area contributed by atoms with E-state index in [0.29, 0.717) is 22.3 Å². The third-order valence-electron chi connectivity index (χ3n) is 6.20. The first kappa shape index (κ1) is 22.5. The molecular formula is C24H30N4O3S. The number of nitrogens with zero attached hydrogens (tertiary/aromatic N) is 3. The highest BCUT2D eigenvalue weighted by Gasteiger charge is 2.35. The van der Waals surface area contributed by atoms with Gasteiger partial charge in [-0.3, -0.25) is 14.4 Å². The molecule has 2 aliphatic rings. The number of carbonyl (C=O) groups excluding carboxylic acids is 3. The smallest absolute Gasteiger partial charge is 0.254 e. The van der Waals surface area contributed by atoms with Crippen LogP contribution < -0.4 is 5.32 Å². The highest BCUT2D eigenvalue weighted by atomic mass is 32.1. The zero-order chi connectivity index (χ0) is 22.7. The normalized spacial score (nSPS) is 16.6. The van der Waals surface area contributed by atoms with E-state index >= 15 is 0 Å². The molecule has 2 heterocycles. The van der Waals surface area contributed by atoms with Crippen LogP contribution >= 0.6 is 11.3 Å². The van der Waals surface area contributed by atoms with Crippen LogP contribution in [0.4, 0.5) is 5.13 Å². The first-order chi connectivity index (χ1) is 15.4. The van der Waals surface area contributed by atoms with Crippen molar-refractivity contribution < 1.29 is 14.4 Å². The van der Waals surface area contributed by atoms with Gasteiger partial charge in [0.1, 0.15) is 6.54 Å². The lowest BCUT2D eigenvalue weighted by atomic mass is 9.99. The number of aromatic nitrogens is 1. The van der Waals surface area contributed by atoms with Gasteiger partial charge in [-0.1, -0.05) is 25.1 Å². The monoisotopic (exact) mass is 454 g/mol. The Morgan fingerprint density at radius 1 is 1.16 bits per heavy atom. The van der Waals surface area contributed by atoms with Crippen LogP contribution in [0.3, 0.4) is 0 Å². The van der Waals surface area contributed by atoms with Crippen molar-refractivity contribution in [2.45, 2.75) is 52.0 Å². The van der Waals surface area contributed by atoms with E-state index in [4.69, 9.17) is 0 Å². The Hall–Kier alpha value is -2.74. The molecule has 1 aliphatic heterocycles. The molecule has 2 aromatic rings. The molecule has 3 amide bonds. The van der Waals surface area contributed by atoms with E-state index in [1.807, 2.05) is 35.4 Å². The number of benzene rings is 1. The number of nitrogens with one attached hydrogen (secondary N) is 1. The Labute approximate surface area is 192 Å². The predicted molar refractivity (Wildman–Crippen MR) is 125 cm³/mol. The van der Waals surface area contributed by atoms with Crippen LogP contribution in [0.25, 0.3) is 0 Å². The van der Waals surface area contributed by atoms with Crippen molar-refractivity contribution in [3.8, 4) is 0 Å². The lowest BCUT2D eigenvalue weighted by Gasteiger charge is -2.30. The first-order valence-electron chi connectivity index (χ1n) is 11.3. The molecule has 1 aromatic heterocycles. The van der Waals surface area contributed by atoms with E-state index in [-0.39, 0.29) is 36.7 Å². The fraction of sp³-hybridized carbons (Fsp3) is 0.500. The van der Waals surface area contributed by atoms with Crippen molar-refractivity contribution in [1.82, 2.24) is 14.8 Å². The summed E-state index contributed by atoms with van der Waals surface area (Å²) in [5, 5.41) is 5.08. The summed E-state index contributed by atoms with van der Waals surface area (Å²) in [5.74, 6) is 0.384. The van der Waals surface area contributed by atoms with Crippen LogP contribution in [0.2, 0.25) is 0 Å². The van der Waals surface area contributed by atoms with Gasteiger partial charge in [0.15, 0.2) is 5.13 Å². The largest absolute Gasteiger partial charge is 0.342 e. The van der Waals surface area contributed by atoms with Gasteiger partial charge in [-0.05, 0) is 50.2 Å². The maximum absolute atomic E-state index is 13.0. The molecule has 1 saturated carbocycles. The minimum Gasteiger partial charge on any atom is -0.342 e. The van der Waals surface area contributed by atoms with Crippen LogP contribution in [-0.2, 0) is 16.0 Å². The second-order valence-corrected chi connectivity index (χ2v) is 9.77. The Morgan fingerprint density at radius 3 is 2.56 bits per heavy atom. The minimum absolute atomic E-state index is 0.00234. The second-order valence-electron chi connectivity index (χ2n) is 8.91. The first-order valence-corrected chi connectivity index (χ1v) is 12.2. The number of carbonyl (C=O) groups is 3. The van der Waals surface area contributed by atoms with Gasteiger partial charge >= 0.3 is 0 Å². The van der Waals surface area contributed by atoms with Gasteiger partial charge in [0.25, 0.3) is 5.91 Å². The maximum atomic E-state index is 13.0. The van der Waals surface area contributed by atoms with Crippen molar-refractivity contribution in [1.29, 1.82) is 0 Å². The van der Waals surface area contributed by atoms with Crippen molar-refractivity contribution in [2.75, 3.05) is 25.0 Å². The summed E-state index contributed by atoms with van der Waals surface area (Å²) in [5.41, 5.74) is 2.21. The maximum Gasteiger partial charge on any atom is 0.254 e. The Bertz CT molecular complexity index is 993. The van der Waals surface area contributed by atoms with Crippen LogP contribution in [-0.4, -0.2) is 58.2 Å². The van der Waals surface area contributed by atoms with Gasteiger partial charge in [-0.15, -0.1) is 11.3 Å². The lowest BCUT2D eigenvalue weighted by Crippen LogP contribution is -2.40. The molecule has 1 N–H and O–H groups in total. The molecule has 0 atom stereocenters. The molecule has 4 rings (SSSR count). The van der Waals surface area contributed by atoms with E-state index < -0.39 is 0 Å². The number of piperidine rings is 1. The number of likely N-dealkylation sites (tertiary alicyclic amines) is 1. The van der Waals surface area contributed by atoms with Gasteiger partial charge in [0.2, 0.25) is 11.8 Å². The molecule has 1 saturated heterocycles. The zero-order valence-corrected chi connectivity index (χ0v) is 19.5. The van der Waals surface area contributed by atoms with Gasteiger partial charge in [0.05, 0.1) is 12.1 Å². The number of hydrogen-bond donors (Lipinski definition) is 1. The molecule has 0 radical (unpaired) electrons.